The molecule has 0 fully saturated rings. The van der Waals surface area contributed by atoms with Gasteiger partial charge < -0.3 is 21.1 Å². The highest BCUT2D eigenvalue weighted by molar-refractivity contribution is 5.37. The van der Waals surface area contributed by atoms with Gasteiger partial charge >= 0.3 is 0 Å². The van der Waals surface area contributed by atoms with Gasteiger partial charge in [0.2, 0.25) is 0 Å². The minimum Gasteiger partial charge on any atom is -0.508 e. The van der Waals surface area contributed by atoms with Crippen molar-refractivity contribution in [3.8, 4) is 11.5 Å². The van der Waals surface area contributed by atoms with Crippen molar-refractivity contribution in [1.29, 1.82) is 0 Å². The Bertz CT molecular complexity index is 281. The molecule has 0 radical (unpaired) electrons. The summed E-state index contributed by atoms with van der Waals surface area (Å²) in [7, 11) is 0. The van der Waals surface area contributed by atoms with Crippen molar-refractivity contribution in [2.45, 2.75) is 18.9 Å². The van der Waals surface area contributed by atoms with Crippen molar-refractivity contribution < 1.29 is 15.3 Å². The van der Waals surface area contributed by atoms with Gasteiger partial charge in [-0.15, -0.1) is 0 Å². The Balaban J connectivity index is 2.73. The van der Waals surface area contributed by atoms with Gasteiger partial charge in [-0.2, -0.15) is 0 Å². The van der Waals surface area contributed by atoms with E-state index in [-0.39, 0.29) is 24.1 Å². The summed E-state index contributed by atoms with van der Waals surface area (Å²) >= 11 is 0. The van der Waals surface area contributed by atoms with E-state index >= 15 is 0 Å². The number of aliphatic hydroxyl groups is 1. The fraction of sp³-hybridized carbons (Fsp3) is 0.400. The second-order valence-electron chi connectivity index (χ2n) is 3.26. The second-order valence-corrected chi connectivity index (χ2v) is 3.26. The summed E-state index contributed by atoms with van der Waals surface area (Å²) in [6.07, 6.45) is 1.23. The standard InChI is InChI=1S/C10H15NO3/c11-10(2-1-3-12)7-4-8(13)6-9(14)5-7/h4-6,10,12-14H,1-3,11H2/t10-/m1/s1. The fourth-order valence-corrected chi connectivity index (χ4v) is 1.31. The van der Waals surface area contributed by atoms with E-state index in [4.69, 9.17) is 10.8 Å². The molecule has 0 heterocycles. The van der Waals surface area contributed by atoms with Gasteiger partial charge in [0.1, 0.15) is 11.5 Å². The second kappa shape index (κ2) is 4.83. The third-order valence-electron chi connectivity index (χ3n) is 2.03. The number of hydrogen-bond acceptors (Lipinski definition) is 4. The van der Waals surface area contributed by atoms with Crippen LogP contribution in [0.25, 0.3) is 0 Å². The summed E-state index contributed by atoms with van der Waals surface area (Å²) in [5.41, 5.74) is 6.46. The molecule has 0 amide bonds. The molecular formula is C10H15NO3. The fourth-order valence-electron chi connectivity index (χ4n) is 1.31. The third kappa shape index (κ3) is 2.90. The van der Waals surface area contributed by atoms with Crippen LogP contribution in [-0.2, 0) is 0 Å². The maximum atomic E-state index is 9.20. The number of hydrogen-bond donors (Lipinski definition) is 4. The van der Waals surface area contributed by atoms with Crippen LogP contribution in [-0.4, -0.2) is 21.9 Å². The molecule has 0 spiro atoms. The molecule has 4 nitrogen and oxygen atoms in total. The average molecular weight is 197 g/mol. The Morgan fingerprint density at radius 2 is 1.71 bits per heavy atom. The highest BCUT2D eigenvalue weighted by atomic mass is 16.3. The average Bonchev–Trinajstić information content (AvgIpc) is 2.12. The van der Waals surface area contributed by atoms with E-state index in [0.29, 0.717) is 18.4 Å². The van der Waals surface area contributed by atoms with Gasteiger partial charge in [-0.1, -0.05) is 0 Å². The van der Waals surface area contributed by atoms with Crippen molar-refractivity contribution in [3.05, 3.63) is 23.8 Å². The Labute approximate surface area is 82.6 Å². The Kier molecular flexibility index (Phi) is 3.73. The zero-order chi connectivity index (χ0) is 10.6. The van der Waals surface area contributed by atoms with Crippen LogP contribution in [0.5, 0.6) is 11.5 Å². The van der Waals surface area contributed by atoms with Crippen molar-refractivity contribution in [2.75, 3.05) is 6.61 Å². The zero-order valence-corrected chi connectivity index (χ0v) is 7.85. The van der Waals surface area contributed by atoms with Gasteiger partial charge in [-0.05, 0) is 30.5 Å². The highest BCUT2D eigenvalue weighted by Crippen LogP contribution is 2.25. The predicted octanol–water partition coefficient (Wildman–Crippen LogP) is 0.870. The number of rotatable bonds is 4. The molecule has 1 aromatic rings. The number of phenols is 2. The summed E-state index contributed by atoms with van der Waals surface area (Å²) in [5, 5.41) is 27.0. The molecule has 0 aromatic heterocycles. The van der Waals surface area contributed by atoms with Crippen molar-refractivity contribution in [3.63, 3.8) is 0 Å². The first-order valence-electron chi connectivity index (χ1n) is 4.53. The van der Waals surface area contributed by atoms with Gasteiger partial charge in [0.15, 0.2) is 0 Å². The summed E-state index contributed by atoms with van der Waals surface area (Å²) in [4.78, 5) is 0. The monoisotopic (exact) mass is 197 g/mol. The number of nitrogens with two attached hydrogens (primary N) is 1. The number of benzene rings is 1. The Morgan fingerprint density at radius 3 is 2.21 bits per heavy atom. The van der Waals surface area contributed by atoms with E-state index in [0.717, 1.165) is 0 Å². The Hall–Kier alpha value is -1.26. The van der Waals surface area contributed by atoms with Crippen LogP contribution in [0, 0.1) is 0 Å². The number of aromatic hydroxyl groups is 2. The lowest BCUT2D eigenvalue weighted by Crippen LogP contribution is -2.10. The van der Waals surface area contributed by atoms with E-state index in [1.807, 2.05) is 0 Å². The molecule has 14 heavy (non-hydrogen) atoms. The molecule has 0 aliphatic carbocycles. The molecule has 0 aliphatic rings. The molecule has 0 bridgehead atoms. The van der Waals surface area contributed by atoms with E-state index < -0.39 is 0 Å². The summed E-state index contributed by atoms with van der Waals surface area (Å²) in [6, 6.07) is 4.02. The zero-order valence-electron chi connectivity index (χ0n) is 7.85. The molecule has 5 N–H and O–H groups in total. The lowest BCUT2D eigenvalue weighted by molar-refractivity contribution is 0.280. The van der Waals surface area contributed by atoms with Crippen LogP contribution in [0.2, 0.25) is 0 Å². The Morgan fingerprint density at radius 1 is 1.14 bits per heavy atom. The maximum Gasteiger partial charge on any atom is 0.119 e. The van der Waals surface area contributed by atoms with Crippen LogP contribution < -0.4 is 5.73 Å². The molecule has 0 saturated heterocycles. The van der Waals surface area contributed by atoms with Crippen molar-refractivity contribution in [2.24, 2.45) is 5.73 Å². The maximum absolute atomic E-state index is 9.20. The van der Waals surface area contributed by atoms with E-state index in [1.165, 1.54) is 18.2 Å². The smallest absolute Gasteiger partial charge is 0.119 e. The molecule has 1 aromatic carbocycles. The molecule has 78 valence electrons. The summed E-state index contributed by atoms with van der Waals surface area (Å²) in [6.45, 7) is 0.0957. The normalized spacial score (nSPS) is 12.7. The first-order chi connectivity index (χ1) is 6.63. The number of phenolic OH excluding ortho intramolecular Hbond substituents is 2. The molecule has 0 saturated carbocycles. The van der Waals surface area contributed by atoms with E-state index in [9.17, 15) is 10.2 Å². The van der Waals surface area contributed by atoms with Gasteiger partial charge in [0.25, 0.3) is 0 Å². The highest BCUT2D eigenvalue weighted by Gasteiger charge is 2.07. The van der Waals surface area contributed by atoms with Gasteiger partial charge in [0.05, 0.1) is 0 Å². The molecular weight excluding hydrogens is 182 g/mol. The molecule has 0 aliphatic heterocycles. The molecule has 0 unspecified atom stereocenters. The first-order valence-corrected chi connectivity index (χ1v) is 4.53. The van der Waals surface area contributed by atoms with Crippen molar-refractivity contribution in [1.82, 2.24) is 0 Å². The third-order valence-corrected chi connectivity index (χ3v) is 2.03. The van der Waals surface area contributed by atoms with Gasteiger partial charge in [-0.3, -0.25) is 0 Å². The minimum atomic E-state index is -0.264. The quantitative estimate of drug-likeness (QED) is 0.577. The topological polar surface area (TPSA) is 86.7 Å². The first kappa shape index (κ1) is 10.8. The molecule has 4 heteroatoms. The van der Waals surface area contributed by atoms with Crippen LogP contribution in [0.1, 0.15) is 24.4 Å². The lowest BCUT2D eigenvalue weighted by Gasteiger charge is -2.11. The summed E-state index contributed by atoms with van der Waals surface area (Å²) < 4.78 is 0. The predicted molar refractivity (Wildman–Crippen MR) is 53.0 cm³/mol. The summed E-state index contributed by atoms with van der Waals surface area (Å²) in [5.74, 6) is -0.00102. The van der Waals surface area contributed by atoms with Crippen molar-refractivity contribution >= 4 is 0 Å². The molecule has 1 rings (SSSR count). The minimum absolute atomic E-state index is 0.000511. The van der Waals surface area contributed by atoms with E-state index in [1.54, 1.807) is 0 Å². The van der Waals surface area contributed by atoms with Gasteiger partial charge in [0, 0.05) is 18.7 Å². The van der Waals surface area contributed by atoms with Crippen LogP contribution in [0.15, 0.2) is 18.2 Å². The van der Waals surface area contributed by atoms with Crippen LogP contribution in [0.4, 0.5) is 0 Å². The lowest BCUT2D eigenvalue weighted by atomic mass is 10.0. The van der Waals surface area contributed by atoms with Gasteiger partial charge in [-0.25, -0.2) is 0 Å². The SMILES string of the molecule is N[C@H](CCCO)c1cc(O)cc(O)c1. The largest absolute Gasteiger partial charge is 0.508 e. The van der Waals surface area contributed by atoms with E-state index in [2.05, 4.69) is 0 Å². The number of aliphatic hydroxyl groups excluding tert-OH is 1. The molecule has 1 atom stereocenters. The van der Waals surface area contributed by atoms with Crippen LogP contribution >= 0.6 is 0 Å². The van der Waals surface area contributed by atoms with Crippen LogP contribution in [0.3, 0.4) is 0 Å².